The summed E-state index contributed by atoms with van der Waals surface area (Å²) in [4.78, 5) is 0. The molecule has 94 valence electrons. The number of hydrogen-bond donors (Lipinski definition) is 1. The van der Waals surface area contributed by atoms with Gasteiger partial charge in [-0.2, -0.15) is 0 Å². The first kappa shape index (κ1) is 12.9. The molecule has 3 heteroatoms. The van der Waals surface area contributed by atoms with Gasteiger partial charge in [0.1, 0.15) is 0 Å². The summed E-state index contributed by atoms with van der Waals surface area (Å²) in [5.74, 6) is 0. The Labute approximate surface area is 108 Å². The maximum Gasteiger partial charge on any atom is 0.0575 e. The Kier molecular flexibility index (Phi) is 4.84. The van der Waals surface area contributed by atoms with Crippen molar-refractivity contribution >= 4 is 11.6 Å². The highest BCUT2D eigenvalue weighted by molar-refractivity contribution is 6.30. The van der Waals surface area contributed by atoms with Crippen molar-refractivity contribution < 1.29 is 4.74 Å². The molecule has 2 nitrogen and oxygen atoms in total. The van der Waals surface area contributed by atoms with Crippen LogP contribution in [0, 0.1) is 0 Å². The van der Waals surface area contributed by atoms with E-state index in [0.29, 0.717) is 6.10 Å². The van der Waals surface area contributed by atoms with Crippen molar-refractivity contribution in [2.45, 2.75) is 44.2 Å². The van der Waals surface area contributed by atoms with Gasteiger partial charge < -0.3 is 10.5 Å². The fourth-order valence-corrected chi connectivity index (χ4v) is 2.40. The molecule has 1 heterocycles. The molecule has 2 atom stereocenters. The molecular formula is C14H20ClNO. The third kappa shape index (κ3) is 3.98. The van der Waals surface area contributed by atoms with E-state index in [1.54, 1.807) is 0 Å². The molecule has 1 aliphatic heterocycles. The first-order chi connectivity index (χ1) is 8.25. The fraction of sp³-hybridized carbons (Fsp3) is 0.571. The van der Waals surface area contributed by atoms with Crippen molar-refractivity contribution in [3.63, 3.8) is 0 Å². The van der Waals surface area contributed by atoms with Crippen LogP contribution >= 0.6 is 11.6 Å². The van der Waals surface area contributed by atoms with E-state index in [9.17, 15) is 0 Å². The van der Waals surface area contributed by atoms with E-state index in [4.69, 9.17) is 22.1 Å². The van der Waals surface area contributed by atoms with Crippen LogP contribution in [0.3, 0.4) is 0 Å². The Bertz CT molecular complexity index is 333. The van der Waals surface area contributed by atoms with E-state index in [-0.39, 0.29) is 6.04 Å². The highest BCUT2D eigenvalue weighted by Gasteiger charge is 2.15. The zero-order valence-electron chi connectivity index (χ0n) is 10.1. The van der Waals surface area contributed by atoms with Crippen LogP contribution in [-0.2, 0) is 4.74 Å². The van der Waals surface area contributed by atoms with Crippen molar-refractivity contribution in [1.82, 2.24) is 0 Å². The van der Waals surface area contributed by atoms with Gasteiger partial charge in [-0.15, -0.1) is 0 Å². The topological polar surface area (TPSA) is 35.2 Å². The van der Waals surface area contributed by atoms with Crippen molar-refractivity contribution in [2.75, 3.05) is 6.61 Å². The van der Waals surface area contributed by atoms with Crippen LogP contribution in [-0.4, -0.2) is 12.7 Å². The summed E-state index contributed by atoms with van der Waals surface area (Å²) in [7, 11) is 0. The van der Waals surface area contributed by atoms with Gasteiger partial charge in [-0.05, 0) is 49.8 Å². The van der Waals surface area contributed by atoms with Gasteiger partial charge in [-0.25, -0.2) is 0 Å². The predicted octanol–water partition coefficient (Wildman–Crippen LogP) is 3.69. The molecule has 1 fully saturated rings. The van der Waals surface area contributed by atoms with Crippen LogP contribution in [0.5, 0.6) is 0 Å². The van der Waals surface area contributed by atoms with Crippen molar-refractivity contribution in [3.8, 4) is 0 Å². The highest BCUT2D eigenvalue weighted by Crippen LogP contribution is 2.23. The number of benzene rings is 1. The zero-order valence-corrected chi connectivity index (χ0v) is 10.8. The second kappa shape index (κ2) is 6.39. The van der Waals surface area contributed by atoms with Gasteiger partial charge in [0.2, 0.25) is 0 Å². The molecule has 0 amide bonds. The van der Waals surface area contributed by atoms with E-state index in [1.807, 2.05) is 24.3 Å². The molecule has 17 heavy (non-hydrogen) atoms. The Morgan fingerprint density at radius 1 is 1.29 bits per heavy atom. The first-order valence-corrected chi connectivity index (χ1v) is 6.76. The summed E-state index contributed by atoms with van der Waals surface area (Å²) >= 11 is 5.85. The fourth-order valence-electron chi connectivity index (χ4n) is 2.28. The average Bonchev–Trinajstić information content (AvgIpc) is 2.38. The van der Waals surface area contributed by atoms with E-state index in [2.05, 4.69) is 0 Å². The minimum Gasteiger partial charge on any atom is -0.378 e. The standard InChI is InChI=1S/C14H20ClNO/c15-12-6-4-11(5-7-12)14(16)9-8-13-3-1-2-10-17-13/h4-7,13-14H,1-3,8-10,16H2. The monoisotopic (exact) mass is 253 g/mol. The zero-order chi connectivity index (χ0) is 12.1. The van der Waals surface area contributed by atoms with Gasteiger partial charge >= 0.3 is 0 Å². The van der Waals surface area contributed by atoms with Crippen molar-refractivity contribution in [3.05, 3.63) is 34.9 Å². The second-order valence-corrected chi connectivity index (χ2v) is 5.16. The quantitative estimate of drug-likeness (QED) is 0.888. The summed E-state index contributed by atoms with van der Waals surface area (Å²) in [5, 5.41) is 0.761. The van der Waals surface area contributed by atoms with E-state index in [0.717, 1.165) is 30.0 Å². The van der Waals surface area contributed by atoms with Crippen LogP contribution in [0.2, 0.25) is 5.02 Å². The van der Waals surface area contributed by atoms with Crippen molar-refractivity contribution in [2.24, 2.45) is 5.73 Å². The molecule has 2 unspecified atom stereocenters. The Hall–Kier alpha value is -0.570. The van der Waals surface area contributed by atoms with E-state index < -0.39 is 0 Å². The summed E-state index contributed by atoms with van der Waals surface area (Å²) in [5.41, 5.74) is 7.32. The van der Waals surface area contributed by atoms with Crippen LogP contribution < -0.4 is 5.73 Å². The SMILES string of the molecule is NC(CCC1CCCCO1)c1ccc(Cl)cc1. The number of halogens is 1. The molecule has 2 rings (SSSR count). The normalized spacial score (nSPS) is 22.4. The lowest BCUT2D eigenvalue weighted by molar-refractivity contribution is 0.00912. The average molecular weight is 254 g/mol. The molecular weight excluding hydrogens is 234 g/mol. The Balaban J connectivity index is 1.80. The molecule has 0 bridgehead atoms. The van der Waals surface area contributed by atoms with Gasteiger partial charge in [-0.3, -0.25) is 0 Å². The Morgan fingerprint density at radius 3 is 2.71 bits per heavy atom. The van der Waals surface area contributed by atoms with Crippen LogP contribution in [0.15, 0.2) is 24.3 Å². The Morgan fingerprint density at radius 2 is 2.06 bits per heavy atom. The van der Waals surface area contributed by atoms with Gasteiger partial charge in [0.15, 0.2) is 0 Å². The lowest BCUT2D eigenvalue weighted by Gasteiger charge is -2.23. The largest absolute Gasteiger partial charge is 0.378 e. The number of hydrogen-bond acceptors (Lipinski definition) is 2. The molecule has 1 aromatic carbocycles. The third-order valence-corrected chi connectivity index (χ3v) is 3.62. The predicted molar refractivity (Wildman–Crippen MR) is 71.2 cm³/mol. The summed E-state index contributed by atoms with van der Waals surface area (Å²) in [6.45, 7) is 0.918. The molecule has 0 radical (unpaired) electrons. The molecule has 1 aromatic rings. The molecule has 0 aromatic heterocycles. The maximum absolute atomic E-state index is 6.16. The lowest BCUT2D eigenvalue weighted by Crippen LogP contribution is -2.21. The number of nitrogens with two attached hydrogens (primary N) is 1. The molecule has 1 aliphatic rings. The third-order valence-electron chi connectivity index (χ3n) is 3.37. The molecule has 2 N–H and O–H groups in total. The molecule has 0 spiro atoms. The minimum absolute atomic E-state index is 0.0952. The molecule has 0 saturated carbocycles. The highest BCUT2D eigenvalue weighted by atomic mass is 35.5. The first-order valence-electron chi connectivity index (χ1n) is 6.38. The van der Waals surface area contributed by atoms with Gasteiger partial charge in [0.25, 0.3) is 0 Å². The van der Waals surface area contributed by atoms with Crippen molar-refractivity contribution in [1.29, 1.82) is 0 Å². The van der Waals surface area contributed by atoms with Gasteiger partial charge in [-0.1, -0.05) is 23.7 Å². The lowest BCUT2D eigenvalue weighted by atomic mass is 9.98. The molecule has 0 aliphatic carbocycles. The van der Waals surface area contributed by atoms with Gasteiger partial charge in [0.05, 0.1) is 6.10 Å². The second-order valence-electron chi connectivity index (χ2n) is 4.72. The molecule has 1 saturated heterocycles. The maximum atomic E-state index is 6.16. The smallest absolute Gasteiger partial charge is 0.0575 e. The van der Waals surface area contributed by atoms with Crippen LogP contribution in [0.4, 0.5) is 0 Å². The van der Waals surface area contributed by atoms with Crippen LogP contribution in [0.1, 0.15) is 43.7 Å². The van der Waals surface area contributed by atoms with Crippen LogP contribution in [0.25, 0.3) is 0 Å². The summed E-state index contributed by atoms with van der Waals surface area (Å²) in [6, 6.07) is 7.91. The number of rotatable bonds is 4. The van der Waals surface area contributed by atoms with E-state index >= 15 is 0 Å². The number of ether oxygens (including phenoxy) is 1. The van der Waals surface area contributed by atoms with E-state index in [1.165, 1.54) is 19.3 Å². The summed E-state index contributed by atoms with van der Waals surface area (Å²) in [6.07, 6.45) is 6.14. The van der Waals surface area contributed by atoms with Gasteiger partial charge in [0, 0.05) is 17.7 Å². The summed E-state index contributed by atoms with van der Waals surface area (Å²) < 4.78 is 5.71. The minimum atomic E-state index is 0.0952.